The lowest BCUT2D eigenvalue weighted by Crippen LogP contribution is -2.42. The zero-order chi connectivity index (χ0) is 20.6. The average molecular weight is 428 g/mol. The van der Waals surface area contributed by atoms with E-state index in [1.165, 1.54) is 11.6 Å². The molecular weight excluding hydrogens is 415 g/mol. The fourth-order valence-electron chi connectivity index (χ4n) is 1.94. The summed E-state index contributed by atoms with van der Waals surface area (Å²) in [6.07, 6.45) is -4.77. The van der Waals surface area contributed by atoms with E-state index in [1.807, 2.05) is 0 Å². The lowest BCUT2D eigenvalue weighted by molar-refractivity contribution is -0.147. The Labute approximate surface area is 155 Å². The van der Waals surface area contributed by atoms with Gasteiger partial charge in [0.15, 0.2) is 11.6 Å². The van der Waals surface area contributed by atoms with Gasteiger partial charge in [-0.2, -0.15) is 17.9 Å². The van der Waals surface area contributed by atoms with Crippen molar-refractivity contribution < 1.29 is 35.2 Å². The van der Waals surface area contributed by atoms with Crippen LogP contribution in [0, 0.1) is 18.6 Å². The molecule has 0 saturated carbocycles. The van der Waals surface area contributed by atoms with Gasteiger partial charge in [-0.3, -0.25) is 4.79 Å². The van der Waals surface area contributed by atoms with Crippen LogP contribution in [0.25, 0.3) is 0 Å². The molecule has 1 atom stereocenters. The summed E-state index contributed by atoms with van der Waals surface area (Å²) in [7, 11) is -4.50. The number of thiophene rings is 1. The van der Waals surface area contributed by atoms with E-state index >= 15 is 0 Å². The Kier molecular flexibility index (Phi) is 5.92. The van der Waals surface area contributed by atoms with E-state index in [-0.39, 0.29) is 16.1 Å². The SMILES string of the molecule is Cc1sc(S(=O)(=O)N[C@H](C)C(F)(F)F)cc1C(=O)Nc1ccc(F)c(F)c1. The van der Waals surface area contributed by atoms with Crippen LogP contribution in [0.2, 0.25) is 0 Å². The average Bonchev–Trinajstić information content (AvgIpc) is 2.92. The number of amides is 1. The van der Waals surface area contributed by atoms with Crippen molar-refractivity contribution in [3.8, 4) is 0 Å². The van der Waals surface area contributed by atoms with Gasteiger partial charge in [0.1, 0.15) is 10.3 Å². The quantitative estimate of drug-likeness (QED) is 0.711. The zero-order valence-electron chi connectivity index (χ0n) is 13.8. The van der Waals surface area contributed by atoms with Gasteiger partial charge in [0.05, 0.1) is 5.56 Å². The van der Waals surface area contributed by atoms with Gasteiger partial charge < -0.3 is 5.32 Å². The number of carbonyl (C=O) groups is 1. The Morgan fingerprint density at radius 2 is 1.78 bits per heavy atom. The van der Waals surface area contributed by atoms with Crippen LogP contribution < -0.4 is 10.0 Å². The van der Waals surface area contributed by atoms with E-state index < -0.39 is 44.0 Å². The molecule has 0 fully saturated rings. The first-order valence-electron chi connectivity index (χ1n) is 7.27. The molecule has 2 N–H and O–H groups in total. The highest BCUT2D eigenvalue weighted by Crippen LogP contribution is 2.28. The van der Waals surface area contributed by atoms with E-state index in [0.717, 1.165) is 24.3 Å². The van der Waals surface area contributed by atoms with Crippen molar-refractivity contribution in [3.63, 3.8) is 0 Å². The fraction of sp³-hybridized carbons (Fsp3) is 0.267. The highest BCUT2D eigenvalue weighted by molar-refractivity contribution is 7.91. The fourth-order valence-corrected chi connectivity index (χ4v) is 4.63. The van der Waals surface area contributed by atoms with Crippen molar-refractivity contribution in [2.45, 2.75) is 30.3 Å². The Bertz CT molecular complexity index is 970. The summed E-state index contributed by atoms with van der Waals surface area (Å²) in [6, 6.07) is 1.23. The van der Waals surface area contributed by atoms with Crippen LogP contribution in [-0.4, -0.2) is 26.5 Å². The summed E-state index contributed by atoms with van der Waals surface area (Å²) in [4.78, 5) is 12.5. The summed E-state index contributed by atoms with van der Waals surface area (Å²) in [6.45, 7) is 2.05. The van der Waals surface area contributed by atoms with E-state index in [4.69, 9.17) is 0 Å². The molecule has 0 aliphatic heterocycles. The maximum absolute atomic E-state index is 13.2. The van der Waals surface area contributed by atoms with Crippen LogP contribution >= 0.6 is 11.3 Å². The summed E-state index contributed by atoms with van der Waals surface area (Å²) in [5, 5.41) is 2.26. The molecule has 0 aliphatic carbocycles. The molecule has 0 spiro atoms. The molecule has 1 aromatic heterocycles. The summed E-state index contributed by atoms with van der Waals surface area (Å²) >= 11 is 0.606. The molecule has 2 rings (SSSR count). The number of rotatable bonds is 5. The van der Waals surface area contributed by atoms with Crippen molar-refractivity contribution >= 4 is 33.0 Å². The number of sulfonamides is 1. The maximum Gasteiger partial charge on any atom is 0.404 e. The Balaban J connectivity index is 2.24. The van der Waals surface area contributed by atoms with Gasteiger partial charge in [0.2, 0.25) is 0 Å². The number of aryl methyl sites for hydroxylation is 1. The van der Waals surface area contributed by atoms with E-state index in [9.17, 15) is 35.2 Å². The number of benzene rings is 1. The van der Waals surface area contributed by atoms with Crippen molar-refractivity contribution in [1.29, 1.82) is 0 Å². The lowest BCUT2D eigenvalue weighted by atomic mass is 10.2. The molecule has 2 aromatic rings. The first kappa shape index (κ1) is 21.3. The highest BCUT2D eigenvalue weighted by Gasteiger charge is 2.39. The number of carbonyl (C=O) groups excluding carboxylic acids is 1. The van der Waals surface area contributed by atoms with Crippen LogP contribution in [0.4, 0.5) is 27.6 Å². The third-order valence-corrected chi connectivity index (χ3v) is 6.47. The van der Waals surface area contributed by atoms with Gasteiger partial charge in [-0.05, 0) is 32.0 Å². The molecule has 1 amide bonds. The summed E-state index contributed by atoms with van der Waals surface area (Å²) < 4.78 is 89.0. The number of hydrogen-bond acceptors (Lipinski definition) is 4. The van der Waals surface area contributed by atoms with Gasteiger partial charge in [0.25, 0.3) is 15.9 Å². The molecule has 12 heteroatoms. The standard InChI is InChI=1S/C15H13F5N2O3S2/c1-7-10(14(23)21-9-3-4-11(16)12(17)5-9)6-13(26-7)27(24,25)22-8(2)15(18,19)20/h3-6,8,22H,1-2H3,(H,21,23)/t8-/m1/s1. The topological polar surface area (TPSA) is 75.3 Å². The first-order valence-corrected chi connectivity index (χ1v) is 9.57. The third-order valence-electron chi connectivity index (χ3n) is 3.41. The predicted octanol–water partition coefficient (Wildman–Crippen LogP) is 3.82. The Morgan fingerprint density at radius 3 is 2.33 bits per heavy atom. The molecule has 148 valence electrons. The van der Waals surface area contributed by atoms with Gasteiger partial charge in [-0.1, -0.05) is 0 Å². The number of hydrogen-bond donors (Lipinski definition) is 2. The number of alkyl halides is 3. The molecule has 0 radical (unpaired) electrons. The minimum atomic E-state index is -4.77. The van der Waals surface area contributed by atoms with Crippen molar-refractivity contribution in [1.82, 2.24) is 4.72 Å². The van der Waals surface area contributed by atoms with Crippen LogP contribution in [0.5, 0.6) is 0 Å². The van der Waals surface area contributed by atoms with Gasteiger partial charge in [-0.15, -0.1) is 11.3 Å². The second-order valence-electron chi connectivity index (χ2n) is 5.50. The lowest BCUT2D eigenvalue weighted by Gasteiger charge is -2.16. The molecular formula is C15H13F5N2O3S2. The van der Waals surface area contributed by atoms with Gasteiger partial charge in [-0.25, -0.2) is 17.2 Å². The molecule has 0 saturated heterocycles. The monoisotopic (exact) mass is 428 g/mol. The second kappa shape index (κ2) is 7.52. The highest BCUT2D eigenvalue weighted by atomic mass is 32.2. The van der Waals surface area contributed by atoms with E-state index in [1.54, 1.807) is 0 Å². The molecule has 27 heavy (non-hydrogen) atoms. The Hall–Kier alpha value is -2.05. The van der Waals surface area contributed by atoms with Crippen molar-refractivity contribution in [2.24, 2.45) is 0 Å². The van der Waals surface area contributed by atoms with Crippen molar-refractivity contribution in [2.75, 3.05) is 5.32 Å². The molecule has 0 aliphatic rings. The van der Waals surface area contributed by atoms with E-state index in [0.29, 0.717) is 18.3 Å². The molecule has 0 unspecified atom stereocenters. The third kappa shape index (κ3) is 5.02. The number of nitrogens with one attached hydrogen (secondary N) is 2. The number of anilines is 1. The van der Waals surface area contributed by atoms with Crippen molar-refractivity contribution in [3.05, 3.63) is 46.3 Å². The van der Waals surface area contributed by atoms with Crippen LogP contribution in [0.15, 0.2) is 28.5 Å². The minimum absolute atomic E-state index is 0.0716. The van der Waals surface area contributed by atoms with E-state index in [2.05, 4.69) is 5.32 Å². The largest absolute Gasteiger partial charge is 0.404 e. The van der Waals surface area contributed by atoms with Gasteiger partial charge in [0, 0.05) is 16.6 Å². The smallest absolute Gasteiger partial charge is 0.322 e. The minimum Gasteiger partial charge on any atom is -0.322 e. The maximum atomic E-state index is 13.2. The first-order chi connectivity index (χ1) is 12.3. The predicted molar refractivity (Wildman–Crippen MR) is 89.2 cm³/mol. The number of halogens is 5. The van der Waals surface area contributed by atoms with Crippen LogP contribution in [0.1, 0.15) is 22.2 Å². The zero-order valence-corrected chi connectivity index (χ0v) is 15.5. The van der Waals surface area contributed by atoms with Gasteiger partial charge >= 0.3 is 6.18 Å². The molecule has 0 bridgehead atoms. The summed E-state index contributed by atoms with van der Waals surface area (Å²) in [5.41, 5.74) is -0.192. The van der Waals surface area contributed by atoms with Crippen LogP contribution in [-0.2, 0) is 10.0 Å². The summed E-state index contributed by atoms with van der Waals surface area (Å²) in [5.74, 6) is -3.12. The molecule has 5 nitrogen and oxygen atoms in total. The molecule has 1 heterocycles. The Morgan fingerprint density at radius 1 is 1.15 bits per heavy atom. The second-order valence-corrected chi connectivity index (χ2v) is 8.70. The normalized spacial score (nSPS) is 13.4. The van der Waals surface area contributed by atoms with Crippen LogP contribution in [0.3, 0.4) is 0 Å². The molecule has 1 aromatic carbocycles.